The van der Waals surface area contributed by atoms with Crippen molar-refractivity contribution in [2.75, 3.05) is 11.1 Å². The monoisotopic (exact) mass is 411 g/mol. The molecule has 3 N–H and O–H groups in total. The van der Waals surface area contributed by atoms with Crippen molar-refractivity contribution in [1.82, 2.24) is 0 Å². The minimum atomic E-state index is -4.95. The normalized spacial score (nSPS) is 12.2. The van der Waals surface area contributed by atoms with Gasteiger partial charge in [-0.15, -0.1) is 0 Å². The number of carbonyl (C=O) groups is 2. The summed E-state index contributed by atoms with van der Waals surface area (Å²) in [5, 5.41) is 12.7. The van der Waals surface area contributed by atoms with Crippen LogP contribution >= 0.6 is 0 Å². The number of nitrogens with zero attached hydrogens (tertiary/aromatic N) is 1. The van der Waals surface area contributed by atoms with Crippen LogP contribution in [0.4, 0.5) is 30.2 Å². The van der Waals surface area contributed by atoms with Crippen molar-refractivity contribution in [1.29, 1.82) is 0 Å². The number of ether oxygens (including phenoxy) is 1. The molecular formula is C18H16F3N3O5. The van der Waals surface area contributed by atoms with E-state index in [0.717, 1.165) is 19.1 Å². The Balaban J connectivity index is 2.20. The summed E-state index contributed by atoms with van der Waals surface area (Å²) < 4.78 is 44.5. The average molecular weight is 411 g/mol. The number of nitro benzene ring substituents is 1. The topological polar surface area (TPSA) is 125 Å². The smallest absolute Gasteiger partial charge is 0.418 e. The second kappa shape index (κ2) is 8.17. The van der Waals surface area contributed by atoms with Gasteiger partial charge in [-0.1, -0.05) is 12.1 Å². The number of amides is 1. The van der Waals surface area contributed by atoms with Crippen LogP contribution in [0.15, 0.2) is 36.4 Å². The standard InChI is InChI=1S/C18H16F3N3O5/c1-9-4-3-5-12(15(9)22)17(26)29-10(2)16(25)23-14-7-6-11(24(27)28)8-13(14)18(19,20)21/h3-8,10H,22H2,1-2H3,(H,23,25)/t10-/m0/s1. The predicted octanol–water partition coefficient (Wildman–Crippen LogP) is 3.69. The quantitative estimate of drug-likeness (QED) is 0.335. The molecule has 0 bridgehead atoms. The maximum Gasteiger partial charge on any atom is 0.418 e. The fraction of sp³-hybridized carbons (Fsp3) is 0.222. The number of hydrogen-bond donors (Lipinski definition) is 2. The van der Waals surface area contributed by atoms with Gasteiger partial charge in [0.25, 0.3) is 11.6 Å². The van der Waals surface area contributed by atoms with Crippen LogP contribution in [0.25, 0.3) is 0 Å². The molecule has 154 valence electrons. The van der Waals surface area contributed by atoms with E-state index >= 15 is 0 Å². The zero-order chi connectivity index (χ0) is 21.9. The molecule has 0 aliphatic heterocycles. The Labute approximate surface area is 162 Å². The largest absolute Gasteiger partial charge is 0.449 e. The first-order valence-electron chi connectivity index (χ1n) is 8.14. The molecule has 8 nitrogen and oxygen atoms in total. The summed E-state index contributed by atoms with van der Waals surface area (Å²) in [6, 6.07) is 6.48. The number of benzene rings is 2. The van der Waals surface area contributed by atoms with E-state index in [0.29, 0.717) is 11.6 Å². The Kier molecular flexibility index (Phi) is 6.10. The lowest BCUT2D eigenvalue weighted by Gasteiger charge is -2.17. The number of aryl methyl sites for hydroxylation is 1. The van der Waals surface area contributed by atoms with E-state index in [2.05, 4.69) is 0 Å². The van der Waals surface area contributed by atoms with Gasteiger partial charge < -0.3 is 15.8 Å². The zero-order valence-corrected chi connectivity index (χ0v) is 15.2. The number of carbonyl (C=O) groups excluding carboxylic acids is 2. The fourth-order valence-corrected chi connectivity index (χ4v) is 2.36. The molecule has 11 heteroatoms. The molecule has 0 saturated heterocycles. The SMILES string of the molecule is Cc1cccc(C(=O)O[C@@H](C)C(=O)Nc2ccc([N+](=O)[O-])cc2C(F)(F)F)c1N. The number of rotatable bonds is 5. The van der Waals surface area contributed by atoms with Gasteiger partial charge >= 0.3 is 12.1 Å². The van der Waals surface area contributed by atoms with Crippen LogP contribution in [-0.2, 0) is 15.7 Å². The highest BCUT2D eigenvalue weighted by Gasteiger charge is 2.36. The summed E-state index contributed by atoms with van der Waals surface area (Å²) in [6.45, 7) is 2.83. The molecule has 0 aliphatic rings. The van der Waals surface area contributed by atoms with E-state index in [1.165, 1.54) is 6.07 Å². The average Bonchev–Trinajstić information content (AvgIpc) is 2.62. The highest BCUT2D eigenvalue weighted by molar-refractivity contribution is 6.00. The third kappa shape index (κ3) is 5.00. The number of nitro groups is 1. The lowest BCUT2D eigenvalue weighted by molar-refractivity contribution is -0.385. The van der Waals surface area contributed by atoms with Gasteiger partial charge in [0.2, 0.25) is 0 Å². The molecule has 0 radical (unpaired) electrons. The molecule has 0 unspecified atom stereocenters. The molecule has 0 saturated carbocycles. The van der Waals surface area contributed by atoms with E-state index in [4.69, 9.17) is 10.5 Å². The van der Waals surface area contributed by atoms with Crippen molar-refractivity contribution in [3.63, 3.8) is 0 Å². The van der Waals surface area contributed by atoms with Crippen molar-refractivity contribution < 1.29 is 32.4 Å². The Morgan fingerprint density at radius 2 is 1.90 bits per heavy atom. The van der Waals surface area contributed by atoms with Crippen LogP contribution in [0.1, 0.15) is 28.4 Å². The van der Waals surface area contributed by atoms with Gasteiger partial charge in [0.05, 0.1) is 21.7 Å². The van der Waals surface area contributed by atoms with E-state index < -0.39 is 46.0 Å². The summed E-state index contributed by atoms with van der Waals surface area (Å²) in [5.74, 6) is -1.97. The molecule has 1 amide bonds. The van der Waals surface area contributed by atoms with Crippen LogP contribution < -0.4 is 11.1 Å². The number of esters is 1. The first-order valence-corrected chi connectivity index (χ1v) is 8.14. The minimum Gasteiger partial charge on any atom is -0.449 e. The van der Waals surface area contributed by atoms with Gasteiger partial charge in [0.1, 0.15) is 0 Å². The third-order valence-corrected chi connectivity index (χ3v) is 3.97. The molecule has 0 spiro atoms. The lowest BCUT2D eigenvalue weighted by atomic mass is 10.1. The molecule has 1 atom stereocenters. The van der Waals surface area contributed by atoms with Crippen LogP contribution in [0, 0.1) is 17.0 Å². The van der Waals surface area contributed by atoms with Crippen molar-refractivity contribution >= 4 is 28.9 Å². The summed E-state index contributed by atoms with van der Waals surface area (Å²) in [6.07, 6.45) is -6.41. The number of anilines is 2. The highest BCUT2D eigenvalue weighted by Crippen LogP contribution is 2.37. The van der Waals surface area contributed by atoms with E-state index in [-0.39, 0.29) is 11.3 Å². The second-order valence-electron chi connectivity index (χ2n) is 6.06. The molecule has 0 fully saturated rings. The van der Waals surface area contributed by atoms with Crippen molar-refractivity contribution in [3.05, 3.63) is 63.2 Å². The van der Waals surface area contributed by atoms with Gasteiger partial charge in [0, 0.05) is 17.8 Å². The summed E-state index contributed by atoms with van der Waals surface area (Å²) in [4.78, 5) is 34.1. The minimum absolute atomic E-state index is 0.0102. The maximum atomic E-state index is 13.2. The number of nitrogens with one attached hydrogen (secondary N) is 1. The highest BCUT2D eigenvalue weighted by atomic mass is 19.4. The summed E-state index contributed by atoms with van der Waals surface area (Å²) >= 11 is 0. The summed E-state index contributed by atoms with van der Waals surface area (Å²) in [7, 11) is 0. The molecule has 29 heavy (non-hydrogen) atoms. The molecule has 2 rings (SSSR count). The van der Waals surface area contributed by atoms with Crippen molar-refractivity contribution in [2.45, 2.75) is 26.1 Å². The first kappa shape index (κ1) is 21.7. The Hall–Kier alpha value is -3.63. The number of nitrogen functional groups attached to an aromatic ring is 1. The number of nitrogens with two attached hydrogens (primary N) is 1. The number of hydrogen-bond acceptors (Lipinski definition) is 6. The number of non-ortho nitro benzene ring substituents is 1. The number of halogens is 3. The summed E-state index contributed by atoms with van der Waals surface area (Å²) in [5.41, 5.74) is 3.66. The van der Waals surface area contributed by atoms with Crippen LogP contribution in [0.3, 0.4) is 0 Å². The van der Waals surface area contributed by atoms with Gasteiger partial charge in [-0.05, 0) is 31.5 Å². The van der Waals surface area contributed by atoms with Gasteiger partial charge in [-0.25, -0.2) is 4.79 Å². The molecular weight excluding hydrogens is 395 g/mol. The Bertz CT molecular complexity index is 976. The Morgan fingerprint density at radius 1 is 1.24 bits per heavy atom. The number of para-hydroxylation sites is 1. The lowest BCUT2D eigenvalue weighted by Crippen LogP contribution is -2.31. The second-order valence-corrected chi connectivity index (χ2v) is 6.06. The van der Waals surface area contributed by atoms with E-state index in [1.807, 2.05) is 5.32 Å². The third-order valence-electron chi connectivity index (χ3n) is 3.97. The number of alkyl halides is 3. The van der Waals surface area contributed by atoms with Gasteiger partial charge in [0.15, 0.2) is 6.10 Å². The maximum absolute atomic E-state index is 13.2. The van der Waals surface area contributed by atoms with Gasteiger partial charge in [-0.3, -0.25) is 14.9 Å². The molecule has 2 aromatic rings. The van der Waals surface area contributed by atoms with Crippen LogP contribution in [0.5, 0.6) is 0 Å². The van der Waals surface area contributed by atoms with Gasteiger partial charge in [-0.2, -0.15) is 13.2 Å². The van der Waals surface area contributed by atoms with Crippen LogP contribution in [0.2, 0.25) is 0 Å². The molecule has 0 aliphatic carbocycles. The molecule has 0 aromatic heterocycles. The molecule has 0 heterocycles. The van der Waals surface area contributed by atoms with Crippen LogP contribution in [-0.4, -0.2) is 22.9 Å². The zero-order valence-electron chi connectivity index (χ0n) is 15.2. The first-order chi connectivity index (χ1) is 13.4. The fourth-order valence-electron chi connectivity index (χ4n) is 2.36. The van der Waals surface area contributed by atoms with Crippen molar-refractivity contribution in [3.8, 4) is 0 Å². The van der Waals surface area contributed by atoms with E-state index in [1.54, 1.807) is 19.1 Å². The Morgan fingerprint density at radius 3 is 2.48 bits per heavy atom. The van der Waals surface area contributed by atoms with Crippen molar-refractivity contribution in [2.24, 2.45) is 0 Å². The predicted molar refractivity (Wildman–Crippen MR) is 97.2 cm³/mol. The van der Waals surface area contributed by atoms with E-state index in [9.17, 15) is 32.9 Å². The molecule has 2 aromatic carbocycles.